The van der Waals surface area contributed by atoms with E-state index in [4.69, 9.17) is 4.74 Å². The van der Waals surface area contributed by atoms with Crippen molar-refractivity contribution in [2.75, 3.05) is 34.3 Å². The molecule has 96 valence electrons. The molecule has 0 rings (SSSR count). The molecule has 0 aliphatic carbocycles. The molecule has 16 heavy (non-hydrogen) atoms. The second-order valence-electron chi connectivity index (χ2n) is 5.96. The first-order valence-electron chi connectivity index (χ1n) is 5.74. The molecule has 0 bridgehead atoms. The van der Waals surface area contributed by atoms with E-state index in [0.29, 0.717) is 11.0 Å². The summed E-state index contributed by atoms with van der Waals surface area (Å²) in [5.41, 5.74) is -0.462. The topological polar surface area (TPSA) is 46.5 Å². The van der Waals surface area contributed by atoms with Crippen LogP contribution in [0.25, 0.3) is 0 Å². The molecule has 0 aromatic heterocycles. The van der Waals surface area contributed by atoms with Gasteiger partial charge in [0, 0.05) is 0 Å². The quantitative estimate of drug-likeness (QED) is 0.549. The highest BCUT2D eigenvalue weighted by Gasteiger charge is 2.28. The minimum Gasteiger partial charge on any atom is -0.462 e. The zero-order valence-corrected chi connectivity index (χ0v) is 11.4. The van der Waals surface area contributed by atoms with E-state index in [0.717, 1.165) is 6.42 Å². The molecule has 0 saturated heterocycles. The van der Waals surface area contributed by atoms with Crippen LogP contribution in [0.2, 0.25) is 0 Å². The molecule has 0 radical (unpaired) electrons. The fourth-order valence-corrected chi connectivity index (χ4v) is 1.20. The van der Waals surface area contributed by atoms with Gasteiger partial charge in [-0.05, 0) is 20.3 Å². The molecule has 0 aromatic carbocycles. The first-order valence-corrected chi connectivity index (χ1v) is 5.74. The molecule has 0 aromatic rings. The van der Waals surface area contributed by atoms with E-state index >= 15 is 0 Å². The molecule has 0 fully saturated rings. The molecule has 4 heteroatoms. The van der Waals surface area contributed by atoms with Gasteiger partial charge in [0.05, 0.1) is 26.6 Å². The Labute approximate surface area is 98.8 Å². The van der Waals surface area contributed by atoms with Crippen molar-refractivity contribution in [2.24, 2.45) is 5.41 Å². The monoisotopic (exact) mass is 232 g/mol. The maximum Gasteiger partial charge on any atom is 0.311 e. The van der Waals surface area contributed by atoms with Crippen LogP contribution in [0.3, 0.4) is 0 Å². The number of aliphatic hydroxyl groups is 1. The van der Waals surface area contributed by atoms with Gasteiger partial charge >= 0.3 is 5.97 Å². The third kappa shape index (κ3) is 6.08. The summed E-state index contributed by atoms with van der Waals surface area (Å²) in [5, 5.41) is 9.68. The lowest BCUT2D eigenvalue weighted by Gasteiger charge is -2.27. The Hall–Kier alpha value is -0.610. The minimum atomic E-state index is -0.600. The summed E-state index contributed by atoms with van der Waals surface area (Å²) in [6.45, 7) is 6.30. The van der Waals surface area contributed by atoms with Gasteiger partial charge in [-0.15, -0.1) is 0 Å². The smallest absolute Gasteiger partial charge is 0.311 e. The third-order valence-corrected chi connectivity index (χ3v) is 2.60. The van der Waals surface area contributed by atoms with Crippen molar-refractivity contribution >= 4 is 5.97 Å². The Kier molecular flexibility index (Phi) is 5.42. The van der Waals surface area contributed by atoms with Gasteiger partial charge in [-0.25, -0.2) is 0 Å². The van der Waals surface area contributed by atoms with Crippen molar-refractivity contribution in [3.05, 3.63) is 0 Å². The van der Waals surface area contributed by atoms with Gasteiger partial charge < -0.3 is 14.3 Å². The molecule has 0 spiro atoms. The number of likely N-dealkylation sites (N-methyl/N-ethyl adjacent to an activating group) is 1. The molecular formula is C12H26NO3+. The first-order chi connectivity index (χ1) is 7.08. The predicted octanol–water partition coefficient (Wildman–Crippen LogP) is 1.03. The number of nitrogens with zero attached hydrogens (tertiary/aromatic N) is 1. The molecule has 0 aliphatic heterocycles. The summed E-state index contributed by atoms with van der Waals surface area (Å²) in [4.78, 5) is 11.6. The fourth-order valence-electron chi connectivity index (χ4n) is 1.20. The van der Waals surface area contributed by atoms with Crippen LogP contribution in [0.4, 0.5) is 0 Å². The van der Waals surface area contributed by atoms with Gasteiger partial charge in [0.15, 0.2) is 0 Å². The third-order valence-electron chi connectivity index (χ3n) is 2.60. The summed E-state index contributed by atoms with van der Waals surface area (Å²) in [6.07, 6.45) is 0.133. The van der Waals surface area contributed by atoms with Gasteiger partial charge in [0.2, 0.25) is 0 Å². The Morgan fingerprint density at radius 3 is 2.25 bits per heavy atom. The first kappa shape index (κ1) is 15.4. The van der Waals surface area contributed by atoms with Crippen molar-refractivity contribution in [1.82, 2.24) is 0 Å². The number of aliphatic hydroxyl groups excluding tert-OH is 1. The van der Waals surface area contributed by atoms with Crippen LogP contribution in [-0.2, 0) is 9.53 Å². The summed E-state index contributed by atoms with van der Waals surface area (Å²) in [7, 11) is 5.96. The standard InChI is InChI=1S/C12H26NO3/c1-7-12(2,3)11(15)16-9-10(14)8-13(4,5)6/h10,14H,7-9H2,1-6H3/q+1. The summed E-state index contributed by atoms with van der Waals surface area (Å²) in [5.74, 6) is -0.240. The molecule has 0 aliphatic rings. The second-order valence-corrected chi connectivity index (χ2v) is 5.96. The number of ether oxygens (including phenoxy) is 1. The van der Waals surface area contributed by atoms with E-state index in [1.54, 1.807) is 0 Å². The highest BCUT2D eigenvalue weighted by molar-refractivity contribution is 5.75. The van der Waals surface area contributed by atoms with Crippen LogP contribution in [-0.4, -0.2) is 56.0 Å². The van der Waals surface area contributed by atoms with Crippen molar-refractivity contribution in [3.8, 4) is 0 Å². The van der Waals surface area contributed by atoms with Crippen molar-refractivity contribution in [1.29, 1.82) is 0 Å². The van der Waals surface area contributed by atoms with E-state index < -0.39 is 11.5 Å². The highest BCUT2D eigenvalue weighted by Crippen LogP contribution is 2.21. The van der Waals surface area contributed by atoms with E-state index in [9.17, 15) is 9.90 Å². The summed E-state index contributed by atoms with van der Waals surface area (Å²) in [6, 6.07) is 0. The lowest BCUT2D eigenvalue weighted by Crippen LogP contribution is -2.43. The van der Waals surface area contributed by atoms with Gasteiger partial charge in [0.25, 0.3) is 0 Å². The van der Waals surface area contributed by atoms with Crippen molar-refractivity contribution < 1.29 is 19.1 Å². The van der Waals surface area contributed by atoms with Crippen molar-refractivity contribution in [3.63, 3.8) is 0 Å². The molecule has 0 heterocycles. The van der Waals surface area contributed by atoms with Crippen LogP contribution < -0.4 is 0 Å². The van der Waals surface area contributed by atoms with Gasteiger partial charge in [-0.3, -0.25) is 4.79 Å². The lowest BCUT2D eigenvalue weighted by atomic mass is 9.91. The maximum absolute atomic E-state index is 11.6. The van der Waals surface area contributed by atoms with Gasteiger partial charge in [-0.1, -0.05) is 6.92 Å². The molecule has 1 atom stereocenters. The summed E-state index contributed by atoms with van der Waals surface area (Å²) >= 11 is 0. The molecule has 1 N–H and O–H groups in total. The molecular weight excluding hydrogens is 206 g/mol. The van der Waals surface area contributed by atoms with Crippen LogP contribution >= 0.6 is 0 Å². The normalized spacial score (nSPS) is 14.7. The number of hydrogen-bond acceptors (Lipinski definition) is 3. The van der Waals surface area contributed by atoms with Gasteiger partial charge in [0.1, 0.15) is 19.3 Å². The number of hydrogen-bond donors (Lipinski definition) is 1. The Balaban J connectivity index is 4.02. The average molecular weight is 232 g/mol. The van der Waals surface area contributed by atoms with E-state index in [-0.39, 0.29) is 12.6 Å². The van der Waals surface area contributed by atoms with Crippen molar-refractivity contribution in [2.45, 2.75) is 33.3 Å². The largest absolute Gasteiger partial charge is 0.462 e. The van der Waals surface area contributed by atoms with Crippen LogP contribution in [0.5, 0.6) is 0 Å². The molecule has 1 unspecified atom stereocenters. The maximum atomic E-state index is 11.6. The fraction of sp³-hybridized carbons (Fsp3) is 0.917. The van der Waals surface area contributed by atoms with Gasteiger partial charge in [-0.2, -0.15) is 0 Å². The van der Waals surface area contributed by atoms with E-state index in [1.165, 1.54) is 0 Å². The highest BCUT2D eigenvalue weighted by atomic mass is 16.5. The number of carbonyl (C=O) groups is 1. The molecule has 0 amide bonds. The van der Waals surface area contributed by atoms with E-state index in [1.807, 2.05) is 41.9 Å². The number of quaternary nitrogens is 1. The zero-order valence-electron chi connectivity index (χ0n) is 11.4. The lowest BCUT2D eigenvalue weighted by molar-refractivity contribution is -0.873. The number of carbonyl (C=O) groups excluding carboxylic acids is 1. The van der Waals surface area contributed by atoms with E-state index in [2.05, 4.69) is 0 Å². The summed E-state index contributed by atoms with van der Waals surface area (Å²) < 4.78 is 5.76. The second kappa shape index (κ2) is 5.64. The molecule has 0 saturated carbocycles. The van der Waals surface area contributed by atoms with Crippen LogP contribution in [0.15, 0.2) is 0 Å². The minimum absolute atomic E-state index is 0.0811. The number of rotatable bonds is 6. The SMILES string of the molecule is CCC(C)(C)C(=O)OCC(O)C[N+](C)(C)C. The zero-order chi connectivity index (χ0) is 13.0. The predicted molar refractivity (Wildman–Crippen MR) is 63.9 cm³/mol. The Bertz CT molecular complexity index is 231. The Morgan fingerprint density at radius 1 is 1.38 bits per heavy atom. The average Bonchev–Trinajstić information content (AvgIpc) is 2.11. The Morgan fingerprint density at radius 2 is 1.88 bits per heavy atom. The number of esters is 1. The van der Waals surface area contributed by atoms with Crippen LogP contribution in [0, 0.1) is 5.41 Å². The molecule has 4 nitrogen and oxygen atoms in total. The van der Waals surface area contributed by atoms with Crippen LogP contribution in [0.1, 0.15) is 27.2 Å².